The molecular formula is C16H19BrN4O3. The lowest BCUT2D eigenvalue weighted by Gasteiger charge is -2.27. The van der Waals surface area contributed by atoms with E-state index in [2.05, 4.69) is 32.3 Å². The topological polar surface area (TPSA) is 95.3 Å². The van der Waals surface area contributed by atoms with Crippen LogP contribution in [0.1, 0.15) is 27.2 Å². The summed E-state index contributed by atoms with van der Waals surface area (Å²) in [7, 11) is 0. The quantitative estimate of drug-likeness (QED) is 0.777. The third-order valence-electron chi connectivity index (χ3n) is 3.38. The number of nitrogens with zero attached hydrogens (tertiary/aromatic N) is 3. The first-order valence-corrected chi connectivity index (χ1v) is 8.31. The zero-order valence-corrected chi connectivity index (χ0v) is 15.3. The highest BCUT2D eigenvalue weighted by Gasteiger charge is 2.41. The number of carbonyl (C=O) groups is 2. The third kappa shape index (κ3) is 4.68. The van der Waals surface area contributed by atoms with Crippen LogP contribution in [0.25, 0.3) is 0 Å². The Bertz CT molecular complexity index is 681. The summed E-state index contributed by atoms with van der Waals surface area (Å²) in [5.41, 5.74) is -0.672. The number of halogens is 1. The maximum absolute atomic E-state index is 12.5. The Labute approximate surface area is 149 Å². The molecular weight excluding hydrogens is 376 g/mol. The minimum atomic E-state index is -0.759. The molecule has 1 aromatic rings. The van der Waals surface area contributed by atoms with Crippen LogP contribution >= 0.6 is 15.9 Å². The van der Waals surface area contributed by atoms with Crippen molar-refractivity contribution in [1.29, 1.82) is 5.26 Å². The van der Waals surface area contributed by atoms with Gasteiger partial charge < -0.3 is 10.1 Å². The number of hydrogen-bond acceptors (Lipinski definition) is 5. The Morgan fingerprint density at radius 2 is 2.17 bits per heavy atom. The van der Waals surface area contributed by atoms with Gasteiger partial charge in [0.15, 0.2) is 0 Å². The molecule has 0 radical (unpaired) electrons. The molecule has 1 aromatic heterocycles. The number of anilines is 1. The van der Waals surface area contributed by atoms with Gasteiger partial charge in [-0.1, -0.05) is 6.07 Å². The van der Waals surface area contributed by atoms with Crippen LogP contribution in [0, 0.1) is 17.2 Å². The van der Waals surface area contributed by atoms with Crippen LogP contribution in [0.4, 0.5) is 10.6 Å². The Hall–Kier alpha value is -2.14. The van der Waals surface area contributed by atoms with E-state index in [1.54, 1.807) is 39.0 Å². The molecule has 1 N–H and O–H groups in total. The maximum Gasteiger partial charge on any atom is 0.411 e. The standard InChI is InChI=1S/C16H19BrN4O3/c1-16(2,3)24-15(23)21-9-10(8-18)7-11(21)14(22)20-13-6-4-5-12(17)19-13/h4-6,10-11H,7,9H2,1-3H3,(H,19,20,22)/t10-,11+/m0/s1. The fourth-order valence-electron chi connectivity index (χ4n) is 2.39. The minimum absolute atomic E-state index is 0.176. The van der Waals surface area contributed by atoms with Gasteiger partial charge in [-0.15, -0.1) is 0 Å². The molecule has 1 aliphatic heterocycles. The van der Waals surface area contributed by atoms with E-state index < -0.39 is 23.7 Å². The third-order valence-corrected chi connectivity index (χ3v) is 3.82. The number of amides is 2. The number of nitrogens with one attached hydrogen (secondary N) is 1. The summed E-state index contributed by atoms with van der Waals surface area (Å²) in [5.74, 6) is -0.410. The Balaban J connectivity index is 2.14. The van der Waals surface area contributed by atoms with E-state index in [1.165, 1.54) is 4.90 Å². The van der Waals surface area contributed by atoms with Crippen LogP contribution in [-0.2, 0) is 9.53 Å². The van der Waals surface area contributed by atoms with Crippen LogP contribution in [0.2, 0.25) is 0 Å². The van der Waals surface area contributed by atoms with Crippen molar-refractivity contribution in [2.75, 3.05) is 11.9 Å². The SMILES string of the molecule is CC(C)(C)OC(=O)N1C[C@H](C#N)C[C@@H]1C(=O)Nc1cccc(Br)n1. The Morgan fingerprint density at radius 1 is 1.46 bits per heavy atom. The first-order valence-electron chi connectivity index (χ1n) is 7.52. The van der Waals surface area contributed by atoms with Gasteiger partial charge in [-0.3, -0.25) is 9.69 Å². The molecule has 128 valence electrons. The zero-order chi connectivity index (χ0) is 17.9. The molecule has 24 heavy (non-hydrogen) atoms. The van der Waals surface area contributed by atoms with E-state index in [9.17, 15) is 9.59 Å². The van der Waals surface area contributed by atoms with Gasteiger partial charge in [0.05, 0.1) is 12.0 Å². The molecule has 2 heterocycles. The molecule has 1 aliphatic rings. The van der Waals surface area contributed by atoms with Gasteiger partial charge in [0.2, 0.25) is 5.91 Å². The second kappa shape index (κ2) is 7.18. The molecule has 8 heteroatoms. The smallest absolute Gasteiger partial charge is 0.411 e. The molecule has 0 unspecified atom stereocenters. The molecule has 0 spiro atoms. The van der Waals surface area contributed by atoms with Gasteiger partial charge in [-0.2, -0.15) is 5.26 Å². The number of hydrogen-bond donors (Lipinski definition) is 1. The van der Waals surface area contributed by atoms with Gasteiger partial charge in [0, 0.05) is 6.54 Å². The summed E-state index contributed by atoms with van der Waals surface area (Å²) in [6.45, 7) is 5.44. The van der Waals surface area contributed by atoms with Crippen molar-refractivity contribution >= 4 is 33.7 Å². The summed E-state index contributed by atoms with van der Waals surface area (Å²) < 4.78 is 5.93. The van der Waals surface area contributed by atoms with Crippen molar-refractivity contribution < 1.29 is 14.3 Å². The van der Waals surface area contributed by atoms with Gasteiger partial charge in [-0.05, 0) is 55.3 Å². The summed E-state index contributed by atoms with van der Waals surface area (Å²) in [5, 5.41) is 11.8. The van der Waals surface area contributed by atoms with Crippen molar-refractivity contribution in [3.8, 4) is 6.07 Å². The fraction of sp³-hybridized carbons (Fsp3) is 0.500. The number of rotatable bonds is 2. The molecule has 0 saturated carbocycles. The lowest BCUT2D eigenvalue weighted by Crippen LogP contribution is -2.45. The monoisotopic (exact) mass is 394 g/mol. The fourth-order valence-corrected chi connectivity index (χ4v) is 2.73. The minimum Gasteiger partial charge on any atom is -0.444 e. The van der Waals surface area contributed by atoms with Crippen LogP contribution in [-0.4, -0.2) is 40.1 Å². The van der Waals surface area contributed by atoms with Gasteiger partial charge in [0.1, 0.15) is 22.1 Å². The molecule has 0 aromatic carbocycles. The summed E-state index contributed by atoms with van der Waals surface area (Å²) >= 11 is 3.23. The summed E-state index contributed by atoms with van der Waals surface area (Å²) in [6.07, 6.45) is -0.321. The zero-order valence-electron chi connectivity index (χ0n) is 13.7. The lowest BCUT2D eigenvalue weighted by atomic mass is 10.1. The molecule has 2 amide bonds. The van der Waals surface area contributed by atoms with Crippen molar-refractivity contribution in [2.24, 2.45) is 5.92 Å². The highest BCUT2D eigenvalue weighted by Crippen LogP contribution is 2.26. The normalized spacial score (nSPS) is 20.4. The summed E-state index contributed by atoms with van der Waals surface area (Å²) in [6, 6.07) is 6.49. The van der Waals surface area contributed by atoms with Crippen molar-refractivity contribution in [3.63, 3.8) is 0 Å². The van der Waals surface area contributed by atoms with Crippen LogP contribution in [0.3, 0.4) is 0 Å². The van der Waals surface area contributed by atoms with E-state index in [1.807, 2.05) is 0 Å². The van der Waals surface area contributed by atoms with E-state index in [4.69, 9.17) is 10.00 Å². The number of carbonyl (C=O) groups excluding carboxylic acids is 2. The van der Waals surface area contributed by atoms with Crippen molar-refractivity contribution in [1.82, 2.24) is 9.88 Å². The molecule has 7 nitrogen and oxygen atoms in total. The summed E-state index contributed by atoms with van der Waals surface area (Å²) in [4.78, 5) is 30.3. The number of aromatic nitrogens is 1. The van der Waals surface area contributed by atoms with Crippen molar-refractivity contribution in [3.05, 3.63) is 22.8 Å². The van der Waals surface area contributed by atoms with Crippen molar-refractivity contribution in [2.45, 2.75) is 38.8 Å². The maximum atomic E-state index is 12.5. The second-order valence-electron chi connectivity index (χ2n) is 6.55. The number of ether oxygens (including phenoxy) is 1. The number of likely N-dealkylation sites (tertiary alicyclic amines) is 1. The average molecular weight is 395 g/mol. The van der Waals surface area contributed by atoms with Crippen LogP contribution in [0.5, 0.6) is 0 Å². The van der Waals surface area contributed by atoms with Gasteiger partial charge in [-0.25, -0.2) is 9.78 Å². The Kier molecular flexibility index (Phi) is 5.44. The first-order chi connectivity index (χ1) is 11.2. The molecule has 0 bridgehead atoms. The molecule has 1 fully saturated rings. The molecule has 1 saturated heterocycles. The van der Waals surface area contributed by atoms with E-state index >= 15 is 0 Å². The van der Waals surface area contributed by atoms with E-state index in [0.717, 1.165) is 0 Å². The predicted molar refractivity (Wildman–Crippen MR) is 91.0 cm³/mol. The van der Waals surface area contributed by atoms with Gasteiger partial charge >= 0.3 is 6.09 Å². The lowest BCUT2D eigenvalue weighted by molar-refractivity contribution is -0.120. The second-order valence-corrected chi connectivity index (χ2v) is 7.36. The number of pyridine rings is 1. The highest BCUT2D eigenvalue weighted by molar-refractivity contribution is 9.10. The predicted octanol–water partition coefficient (Wildman–Crippen LogP) is 2.93. The molecule has 2 rings (SSSR count). The van der Waals surface area contributed by atoms with E-state index in [-0.39, 0.29) is 18.9 Å². The average Bonchev–Trinajstić information content (AvgIpc) is 2.90. The molecule has 0 aliphatic carbocycles. The first kappa shape index (κ1) is 18.2. The number of nitriles is 1. The van der Waals surface area contributed by atoms with Gasteiger partial charge in [0.25, 0.3) is 0 Å². The Morgan fingerprint density at radius 3 is 2.75 bits per heavy atom. The highest BCUT2D eigenvalue weighted by atomic mass is 79.9. The van der Waals surface area contributed by atoms with Crippen LogP contribution in [0.15, 0.2) is 22.8 Å². The molecule has 2 atom stereocenters. The van der Waals surface area contributed by atoms with Crippen LogP contribution < -0.4 is 5.32 Å². The van der Waals surface area contributed by atoms with E-state index in [0.29, 0.717) is 10.4 Å². The largest absolute Gasteiger partial charge is 0.444 e.